The molecule has 1 aliphatic heterocycles. The topological polar surface area (TPSA) is 87.2 Å². The molecule has 8 heteroatoms. The van der Waals surface area contributed by atoms with Crippen LogP contribution in [0.1, 0.15) is 32.1 Å². The monoisotopic (exact) mass is 311 g/mol. The molecule has 3 rings (SSSR count). The summed E-state index contributed by atoms with van der Waals surface area (Å²) < 4.78 is 29.2. The largest absolute Gasteiger partial charge is 0.312 e. The normalized spacial score (nSPS) is 23.9. The SMILES string of the molecule is O=S(=O)(Nc1cccnn1)N1CCCCC1CNC1CC1. The van der Waals surface area contributed by atoms with Crippen molar-refractivity contribution in [3.8, 4) is 0 Å². The number of anilines is 1. The Balaban J connectivity index is 1.68. The highest BCUT2D eigenvalue weighted by Gasteiger charge is 2.33. The van der Waals surface area contributed by atoms with E-state index in [1.807, 2.05) is 0 Å². The predicted molar refractivity (Wildman–Crippen MR) is 79.9 cm³/mol. The molecule has 2 fully saturated rings. The molecule has 2 N–H and O–H groups in total. The van der Waals surface area contributed by atoms with Crippen molar-refractivity contribution in [2.24, 2.45) is 0 Å². The fraction of sp³-hybridized carbons (Fsp3) is 0.692. The molecule has 1 unspecified atom stereocenters. The average Bonchev–Trinajstić information content (AvgIpc) is 3.30. The van der Waals surface area contributed by atoms with Crippen LogP contribution >= 0.6 is 0 Å². The van der Waals surface area contributed by atoms with E-state index in [1.165, 1.54) is 19.0 Å². The lowest BCUT2D eigenvalue weighted by Gasteiger charge is -2.34. The average molecular weight is 311 g/mol. The molecule has 1 aromatic rings. The van der Waals surface area contributed by atoms with Crippen molar-refractivity contribution in [1.29, 1.82) is 0 Å². The first kappa shape index (κ1) is 14.7. The van der Waals surface area contributed by atoms with E-state index in [9.17, 15) is 8.42 Å². The molecular formula is C13H21N5O2S. The standard InChI is InChI=1S/C13H21N5O2S/c19-21(20,17-13-5-3-8-15-16-13)18-9-2-1-4-12(18)10-14-11-6-7-11/h3,5,8,11-12,14H,1-2,4,6-7,9-10H2,(H,16,17). The zero-order valence-electron chi connectivity index (χ0n) is 11.9. The van der Waals surface area contributed by atoms with Gasteiger partial charge in [0.15, 0.2) is 5.82 Å². The summed E-state index contributed by atoms with van der Waals surface area (Å²) in [6.07, 6.45) is 6.81. The molecule has 0 radical (unpaired) electrons. The zero-order chi connectivity index (χ0) is 14.7. The van der Waals surface area contributed by atoms with Crippen molar-refractivity contribution < 1.29 is 8.42 Å². The molecule has 0 aromatic carbocycles. The van der Waals surface area contributed by atoms with Crippen LogP contribution in [0.15, 0.2) is 18.3 Å². The maximum absolute atomic E-state index is 12.5. The van der Waals surface area contributed by atoms with Gasteiger partial charge in [-0.1, -0.05) is 6.42 Å². The van der Waals surface area contributed by atoms with Crippen LogP contribution in [-0.4, -0.2) is 48.1 Å². The van der Waals surface area contributed by atoms with Crippen LogP contribution in [0.25, 0.3) is 0 Å². The summed E-state index contributed by atoms with van der Waals surface area (Å²) >= 11 is 0. The van der Waals surface area contributed by atoms with Gasteiger partial charge in [0, 0.05) is 31.4 Å². The van der Waals surface area contributed by atoms with E-state index in [-0.39, 0.29) is 11.9 Å². The van der Waals surface area contributed by atoms with E-state index in [2.05, 4.69) is 20.2 Å². The summed E-state index contributed by atoms with van der Waals surface area (Å²) in [4.78, 5) is 0. The second kappa shape index (κ2) is 6.25. The number of hydrogen-bond donors (Lipinski definition) is 2. The quantitative estimate of drug-likeness (QED) is 0.809. The van der Waals surface area contributed by atoms with E-state index in [1.54, 1.807) is 16.4 Å². The number of nitrogens with zero attached hydrogens (tertiary/aromatic N) is 3. The maximum atomic E-state index is 12.5. The summed E-state index contributed by atoms with van der Waals surface area (Å²) in [5.41, 5.74) is 0. The number of hydrogen-bond acceptors (Lipinski definition) is 5. The van der Waals surface area contributed by atoms with Crippen molar-refractivity contribution in [1.82, 2.24) is 19.8 Å². The highest BCUT2D eigenvalue weighted by Crippen LogP contribution is 2.23. The fourth-order valence-corrected chi connectivity index (χ4v) is 4.06. The Morgan fingerprint density at radius 2 is 2.14 bits per heavy atom. The van der Waals surface area contributed by atoms with Gasteiger partial charge in [-0.15, -0.1) is 5.10 Å². The van der Waals surface area contributed by atoms with Crippen LogP contribution in [0.2, 0.25) is 0 Å². The van der Waals surface area contributed by atoms with Crippen LogP contribution in [0, 0.1) is 0 Å². The summed E-state index contributed by atoms with van der Waals surface area (Å²) in [7, 11) is -3.57. The third-order valence-corrected chi connectivity index (χ3v) is 5.47. The van der Waals surface area contributed by atoms with Crippen LogP contribution in [0.3, 0.4) is 0 Å². The van der Waals surface area contributed by atoms with Gasteiger partial charge in [0.2, 0.25) is 0 Å². The Labute approximate surface area is 125 Å². The van der Waals surface area contributed by atoms with Gasteiger partial charge in [-0.05, 0) is 37.8 Å². The smallest absolute Gasteiger partial charge is 0.303 e. The number of aromatic nitrogens is 2. The molecule has 0 amide bonds. The highest BCUT2D eigenvalue weighted by atomic mass is 32.2. The molecule has 2 aliphatic rings. The maximum Gasteiger partial charge on any atom is 0.303 e. The second-order valence-corrected chi connectivity index (χ2v) is 7.28. The number of rotatable bonds is 6. The molecule has 1 atom stereocenters. The Morgan fingerprint density at radius 1 is 1.29 bits per heavy atom. The van der Waals surface area contributed by atoms with E-state index < -0.39 is 10.2 Å². The van der Waals surface area contributed by atoms with Crippen molar-refractivity contribution in [2.75, 3.05) is 17.8 Å². The van der Waals surface area contributed by atoms with E-state index in [0.29, 0.717) is 12.6 Å². The Kier molecular flexibility index (Phi) is 4.37. The lowest BCUT2D eigenvalue weighted by Crippen LogP contribution is -2.50. The molecule has 0 bridgehead atoms. The van der Waals surface area contributed by atoms with Gasteiger partial charge in [-0.3, -0.25) is 4.72 Å². The van der Waals surface area contributed by atoms with Gasteiger partial charge in [-0.25, -0.2) is 0 Å². The van der Waals surface area contributed by atoms with E-state index >= 15 is 0 Å². The van der Waals surface area contributed by atoms with Gasteiger partial charge < -0.3 is 5.32 Å². The lowest BCUT2D eigenvalue weighted by atomic mass is 10.1. The van der Waals surface area contributed by atoms with Crippen molar-refractivity contribution in [3.05, 3.63) is 18.3 Å². The molecular weight excluding hydrogens is 290 g/mol. The van der Waals surface area contributed by atoms with Crippen LogP contribution in [0.4, 0.5) is 5.82 Å². The van der Waals surface area contributed by atoms with E-state index in [0.717, 1.165) is 25.8 Å². The molecule has 1 aromatic heterocycles. The Hall–Kier alpha value is -1.25. The van der Waals surface area contributed by atoms with Gasteiger partial charge in [0.05, 0.1) is 0 Å². The van der Waals surface area contributed by atoms with Gasteiger partial charge in [0.1, 0.15) is 0 Å². The molecule has 116 valence electrons. The fourth-order valence-electron chi connectivity index (χ4n) is 2.63. The van der Waals surface area contributed by atoms with Gasteiger partial charge in [-0.2, -0.15) is 17.8 Å². The Bertz CT molecular complexity index is 561. The molecule has 1 saturated carbocycles. The first-order chi connectivity index (χ1) is 10.1. The van der Waals surface area contributed by atoms with E-state index in [4.69, 9.17) is 0 Å². The minimum Gasteiger partial charge on any atom is -0.312 e. The first-order valence-corrected chi connectivity index (χ1v) is 8.90. The summed E-state index contributed by atoms with van der Waals surface area (Å²) in [6, 6.07) is 3.87. The lowest BCUT2D eigenvalue weighted by molar-refractivity contribution is 0.246. The molecule has 0 spiro atoms. The van der Waals surface area contributed by atoms with Crippen molar-refractivity contribution in [3.63, 3.8) is 0 Å². The Morgan fingerprint density at radius 3 is 2.86 bits per heavy atom. The van der Waals surface area contributed by atoms with Gasteiger partial charge in [0.25, 0.3) is 0 Å². The number of piperidine rings is 1. The van der Waals surface area contributed by atoms with Crippen molar-refractivity contribution >= 4 is 16.0 Å². The summed E-state index contributed by atoms with van der Waals surface area (Å²) in [5, 5.41) is 10.9. The molecule has 7 nitrogen and oxygen atoms in total. The summed E-state index contributed by atoms with van der Waals surface area (Å²) in [6.45, 7) is 1.29. The second-order valence-electron chi connectivity index (χ2n) is 5.66. The molecule has 1 saturated heterocycles. The molecule has 1 aliphatic carbocycles. The van der Waals surface area contributed by atoms with Crippen LogP contribution < -0.4 is 10.0 Å². The van der Waals surface area contributed by atoms with Crippen LogP contribution in [0.5, 0.6) is 0 Å². The molecule has 21 heavy (non-hydrogen) atoms. The summed E-state index contributed by atoms with van der Waals surface area (Å²) in [5.74, 6) is 0.261. The number of nitrogens with one attached hydrogen (secondary N) is 2. The third kappa shape index (κ3) is 3.90. The zero-order valence-corrected chi connectivity index (χ0v) is 12.7. The minimum atomic E-state index is -3.57. The van der Waals surface area contributed by atoms with Crippen molar-refractivity contribution in [2.45, 2.75) is 44.2 Å². The predicted octanol–water partition coefficient (Wildman–Crippen LogP) is 0.740. The van der Waals surface area contributed by atoms with Crippen LogP contribution in [-0.2, 0) is 10.2 Å². The first-order valence-electron chi connectivity index (χ1n) is 7.46. The minimum absolute atomic E-state index is 0.0218. The highest BCUT2D eigenvalue weighted by molar-refractivity contribution is 7.90. The molecule has 2 heterocycles. The van der Waals surface area contributed by atoms with Gasteiger partial charge >= 0.3 is 10.2 Å². The third-order valence-electron chi connectivity index (χ3n) is 3.91.